The summed E-state index contributed by atoms with van der Waals surface area (Å²) < 4.78 is 16.6. The first-order chi connectivity index (χ1) is 10.3. The molecule has 0 aromatic rings. The van der Waals surface area contributed by atoms with Crippen LogP contribution < -0.4 is 5.32 Å². The standard InChI is InChI=1S/C15H28N2O4/c1-2-3-4-7-19-10-14(18)16-11-15-12-20-8-5-17(15)6-9-21-13-15/h2-13H2,1H3,(H,16,18). The van der Waals surface area contributed by atoms with Crippen LogP contribution in [0.2, 0.25) is 0 Å². The molecule has 122 valence electrons. The van der Waals surface area contributed by atoms with Gasteiger partial charge in [-0.05, 0) is 6.42 Å². The minimum absolute atomic E-state index is 0.0584. The van der Waals surface area contributed by atoms with Crippen LogP contribution in [0.5, 0.6) is 0 Å². The van der Waals surface area contributed by atoms with Crippen LogP contribution in [-0.4, -0.2) is 75.6 Å². The number of fused-ring (bicyclic) bond motifs is 1. The molecular formula is C15H28N2O4. The number of carbonyl (C=O) groups is 1. The molecule has 1 N–H and O–H groups in total. The Labute approximate surface area is 127 Å². The Bertz CT molecular complexity index is 313. The summed E-state index contributed by atoms with van der Waals surface area (Å²) in [5.41, 5.74) is -0.200. The number of amides is 1. The number of nitrogens with one attached hydrogen (secondary N) is 1. The van der Waals surface area contributed by atoms with E-state index in [9.17, 15) is 4.79 Å². The van der Waals surface area contributed by atoms with Gasteiger partial charge in [-0.25, -0.2) is 0 Å². The molecule has 2 fully saturated rings. The van der Waals surface area contributed by atoms with Crippen LogP contribution in [0, 0.1) is 0 Å². The van der Waals surface area contributed by atoms with Crippen LogP contribution in [0.3, 0.4) is 0 Å². The number of hydrogen-bond acceptors (Lipinski definition) is 5. The molecule has 2 saturated heterocycles. The average molecular weight is 300 g/mol. The minimum atomic E-state index is -0.200. The number of carbonyl (C=O) groups excluding carboxylic acids is 1. The van der Waals surface area contributed by atoms with E-state index in [1.54, 1.807) is 0 Å². The Morgan fingerprint density at radius 2 is 1.95 bits per heavy atom. The van der Waals surface area contributed by atoms with Crippen molar-refractivity contribution in [1.82, 2.24) is 10.2 Å². The second kappa shape index (κ2) is 8.68. The van der Waals surface area contributed by atoms with Crippen molar-refractivity contribution < 1.29 is 19.0 Å². The summed E-state index contributed by atoms with van der Waals surface area (Å²) in [6.07, 6.45) is 3.32. The molecule has 21 heavy (non-hydrogen) atoms. The maximum absolute atomic E-state index is 11.9. The lowest BCUT2D eigenvalue weighted by molar-refractivity contribution is -0.145. The van der Waals surface area contributed by atoms with E-state index >= 15 is 0 Å². The van der Waals surface area contributed by atoms with Crippen molar-refractivity contribution in [1.29, 1.82) is 0 Å². The molecule has 6 heteroatoms. The maximum Gasteiger partial charge on any atom is 0.246 e. The molecule has 0 spiro atoms. The number of unbranched alkanes of at least 4 members (excludes halogenated alkanes) is 2. The Balaban J connectivity index is 1.69. The van der Waals surface area contributed by atoms with Crippen molar-refractivity contribution in [3.05, 3.63) is 0 Å². The molecule has 0 unspecified atom stereocenters. The van der Waals surface area contributed by atoms with Crippen molar-refractivity contribution in [3.8, 4) is 0 Å². The highest BCUT2D eigenvalue weighted by Gasteiger charge is 2.42. The van der Waals surface area contributed by atoms with Gasteiger partial charge in [-0.3, -0.25) is 9.69 Å². The Morgan fingerprint density at radius 3 is 2.62 bits per heavy atom. The molecule has 2 heterocycles. The lowest BCUT2D eigenvalue weighted by Gasteiger charge is -2.49. The predicted molar refractivity (Wildman–Crippen MR) is 79.3 cm³/mol. The monoisotopic (exact) mass is 300 g/mol. The van der Waals surface area contributed by atoms with Crippen molar-refractivity contribution in [2.75, 3.05) is 59.3 Å². The van der Waals surface area contributed by atoms with Gasteiger partial charge >= 0.3 is 0 Å². The SMILES string of the molecule is CCCCCOCC(=O)NCC12COCCN1CCOC2. The predicted octanol–water partition coefficient (Wildman–Crippen LogP) is 0.411. The third kappa shape index (κ3) is 4.92. The largest absolute Gasteiger partial charge is 0.378 e. The molecule has 1 amide bonds. The molecule has 2 aliphatic heterocycles. The van der Waals surface area contributed by atoms with Gasteiger partial charge in [0.25, 0.3) is 0 Å². The Kier molecular flexibility index (Phi) is 6.89. The zero-order valence-corrected chi connectivity index (χ0v) is 13.1. The molecular weight excluding hydrogens is 272 g/mol. The van der Waals surface area contributed by atoms with E-state index in [1.807, 2.05) is 0 Å². The molecule has 2 rings (SSSR count). The summed E-state index contributed by atoms with van der Waals surface area (Å²) >= 11 is 0. The average Bonchev–Trinajstić information content (AvgIpc) is 2.53. The quantitative estimate of drug-likeness (QED) is 0.658. The second-order valence-electron chi connectivity index (χ2n) is 5.85. The molecule has 0 bridgehead atoms. The van der Waals surface area contributed by atoms with Crippen molar-refractivity contribution in [2.24, 2.45) is 0 Å². The van der Waals surface area contributed by atoms with E-state index in [1.165, 1.54) is 0 Å². The van der Waals surface area contributed by atoms with Crippen molar-refractivity contribution in [2.45, 2.75) is 31.7 Å². The Hall–Kier alpha value is -0.690. The van der Waals surface area contributed by atoms with Gasteiger partial charge in [0.2, 0.25) is 5.91 Å². The fourth-order valence-corrected chi connectivity index (χ4v) is 2.83. The first kappa shape index (κ1) is 16.7. The number of morpholine rings is 2. The number of hydrogen-bond donors (Lipinski definition) is 1. The van der Waals surface area contributed by atoms with E-state index in [2.05, 4.69) is 17.1 Å². The van der Waals surface area contributed by atoms with Crippen LogP contribution in [-0.2, 0) is 19.0 Å². The molecule has 0 atom stereocenters. The summed E-state index contributed by atoms with van der Waals surface area (Å²) in [6.45, 7) is 8.08. The van der Waals surface area contributed by atoms with E-state index < -0.39 is 0 Å². The van der Waals surface area contributed by atoms with Gasteiger partial charge in [0.15, 0.2) is 0 Å². The number of rotatable bonds is 8. The van der Waals surface area contributed by atoms with Gasteiger partial charge in [-0.2, -0.15) is 0 Å². The third-order valence-corrected chi connectivity index (χ3v) is 4.16. The minimum Gasteiger partial charge on any atom is -0.378 e. The summed E-state index contributed by atoms with van der Waals surface area (Å²) in [5.74, 6) is -0.0584. The first-order valence-electron chi connectivity index (χ1n) is 8.02. The van der Waals surface area contributed by atoms with Crippen LogP contribution in [0.1, 0.15) is 26.2 Å². The Morgan fingerprint density at radius 1 is 1.24 bits per heavy atom. The third-order valence-electron chi connectivity index (χ3n) is 4.16. The van der Waals surface area contributed by atoms with Crippen molar-refractivity contribution >= 4 is 5.91 Å². The second-order valence-corrected chi connectivity index (χ2v) is 5.85. The van der Waals surface area contributed by atoms with Gasteiger partial charge in [0.1, 0.15) is 6.61 Å². The fraction of sp³-hybridized carbons (Fsp3) is 0.933. The van der Waals surface area contributed by atoms with E-state index in [0.717, 1.165) is 45.6 Å². The highest BCUT2D eigenvalue weighted by atomic mass is 16.5. The summed E-state index contributed by atoms with van der Waals surface area (Å²) in [6, 6.07) is 0. The zero-order valence-electron chi connectivity index (χ0n) is 13.1. The molecule has 2 aliphatic rings. The van der Waals surface area contributed by atoms with Crippen LogP contribution >= 0.6 is 0 Å². The van der Waals surface area contributed by atoms with E-state index in [0.29, 0.717) is 26.4 Å². The molecule has 0 aromatic heterocycles. The van der Waals surface area contributed by atoms with E-state index in [4.69, 9.17) is 14.2 Å². The van der Waals surface area contributed by atoms with Crippen LogP contribution in [0.15, 0.2) is 0 Å². The van der Waals surface area contributed by atoms with Gasteiger partial charge < -0.3 is 19.5 Å². The lowest BCUT2D eigenvalue weighted by atomic mass is 9.96. The highest BCUT2D eigenvalue weighted by Crippen LogP contribution is 2.23. The highest BCUT2D eigenvalue weighted by molar-refractivity contribution is 5.77. The molecule has 0 saturated carbocycles. The lowest BCUT2D eigenvalue weighted by Crippen LogP contribution is -2.67. The first-order valence-corrected chi connectivity index (χ1v) is 8.02. The van der Waals surface area contributed by atoms with Crippen LogP contribution in [0.25, 0.3) is 0 Å². The van der Waals surface area contributed by atoms with Crippen LogP contribution in [0.4, 0.5) is 0 Å². The summed E-state index contributed by atoms with van der Waals surface area (Å²) in [7, 11) is 0. The smallest absolute Gasteiger partial charge is 0.246 e. The summed E-state index contributed by atoms with van der Waals surface area (Å²) in [5, 5.41) is 2.97. The molecule has 6 nitrogen and oxygen atoms in total. The molecule has 0 aliphatic carbocycles. The number of ether oxygens (including phenoxy) is 3. The zero-order chi connectivity index (χ0) is 15.0. The maximum atomic E-state index is 11.9. The fourth-order valence-electron chi connectivity index (χ4n) is 2.83. The normalized spacial score (nSPS) is 21.8. The van der Waals surface area contributed by atoms with E-state index in [-0.39, 0.29) is 18.1 Å². The van der Waals surface area contributed by atoms with Gasteiger partial charge in [-0.15, -0.1) is 0 Å². The molecule has 0 radical (unpaired) electrons. The van der Waals surface area contributed by atoms with Gasteiger partial charge in [-0.1, -0.05) is 19.8 Å². The number of nitrogens with zero attached hydrogens (tertiary/aromatic N) is 1. The topological polar surface area (TPSA) is 60.0 Å². The molecule has 0 aromatic carbocycles. The summed E-state index contributed by atoms with van der Waals surface area (Å²) in [4.78, 5) is 14.2. The van der Waals surface area contributed by atoms with Gasteiger partial charge in [0, 0.05) is 26.2 Å². The van der Waals surface area contributed by atoms with Crippen molar-refractivity contribution in [3.63, 3.8) is 0 Å². The van der Waals surface area contributed by atoms with Gasteiger partial charge in [0.05, 0.1) is 32.0 Å².